The van der Waals surface area contributed by atoms with Crippen molar-refractivity contribution in [2.45, 2.75) is 38.4 Å². The molecule has 0 aromatic heterocycles. The molecule has 0 aliphatic heterocycles. The van der Waals surface area contributed by atoms with E-state index in [-0.39, 0.29) is 32.7 Å². The number of Topliss-reactive ketones (excluding diaryl/α,β-unsaturated/α-hetero) is 1. The molecule has 4 aromatic carbocycles. The quantitative estimate of drug-likeness (QED) is 0.200. The van der Waals surface area contributed by atoms with Gasteiger partial charge < -0.3 is 19.7 Å². The van der Waals surface area contributed by atoms with Gasteiger partial charge in [0.05, 0.1) is 32.3 Å². The molecule has 0 amide bonds. The third kappa shape index (κ3) is 8.57. The summed E-state index contributed by atoms with van der Waals surface area (Å²) in [6, 6.07) is 24.6. The third-order valence-corrected chi connectivity index (χ3v) is 8.53. The van der Waals surface area contributed by atoms with Crippen molar-refractivity contribution in [1.82, 2.24) is 0 Å². The summed E-state index contributed by atoms with van der Waals surface area (Å²) in [4.78, 5) is 11.9. The number of hydrogen-bond donors (Lipinski definition) is 2. The highest BCUT2D eigenvalue weighted by Crippen LogP contribution is 2.29. The molecule has 0 spiro atoms. The highest BCUT2D eigenvalue weighted by Gasteiger charge is 2.22. The molecule has 7 nitrogen and oxygen atoms in total. The van der Waals surface area contributed by atoms with Crippen LogP contribution in [-0.2, 0) is 35.9 Å². The van der Waals surface area contributed by atoms with E-state index in [1.807, 2.05) is 54.6 Å². The maximum atomic E-state index is 11.8. The fourth-order valence-corrected chi connectivity index (χ4v) is 5.88. The molecule has 0 unspecified atom stereocenters. The standard InChI is InChI=1S/C24H26O4.C12H10O3S.CH4.H2/c1-27-23-9-7-18(8-10-23)12-21-13-20(22(16-26)14-24(21)28-2)11-17-3-5-19(15-25)6-4-17;1-8-6-7-9-10(12(8)13)4-3-5-11(9)16(2,14)15;;/h3-10,13-14,25-26H,11-12,15-16H2,1-2H3;3-7H,1H2,2H3;1H4;1H. The molecule has 0 radical (unpaired) electrons. The topological polar surface area (TPSA) is 110 Å². The Bertz CT molecular complexity index is 1720. The molecule has 0 saturated carbocycles. The lowest BCUT2D eigenvalue weighted by molar-refractivity contribution is 0.103. The number of aliphatic hydroxyl groups is 2. The molecule has 8 heteroatoms. The van der Waals surface area contributed by atoms with Gasteiger partial charge in [-0.2, -0.15) is 0 Å². The number of ketones is 1. The molecule has 0 fully saturated rings. The Hall–Kier alpha value is -4.50. The second kappa shape index (κ2) is 15.5. The summed E-state index contributed by atoms with van der Waals surface area (Å²) in [5.41, 5.74) is 7.43. The summed E-state index contributed by atoms with van der Waals surface area (Å²) in [5, 5.41) is 19.0. The highest BCUT2D eigenvalue weighted by molar-refractivity contribution is 7.90. The average Bonchev–Trinajstić information content (AvgIpc) is 3.03. The van der Waals surface area contributed by atoms with Crippen LogP contribution in [0.1, 0.15) is 58.2 Å². The molecule has 0 atom stereocenters. The summed E-state index contributed by atoms with van der Waals surface area (Å²) >= 11 is 0. The van der Waals surface area contributed by atoms with E-state index in [0.717, 1.165) is 57.6 Å². The molecule has 5 rings (SSSR count). The Labute approximate surface area is 267 Å². The first kappa shape index (κ1) is 35.0. The van der Waals surface area contributed by atoms with E-state index in [0.29, 0.717) is 23.1 Å². The number of allylic oxidation sites excluding steroid dienone is 2. The lowest BCUT2D eigenvalue weighted by Gasteiger charge is -2.15. The number of sulfone groups is 1. The van der Waals surface area contributed by atoms with Gasteiger partial charge in [0, 0.05) is 30.8 Å². The molecule has 0 bridgehead atoms. The third-order valence-electron chi connectivity index (χ3n) is 7.38. The maximum Gasteiger partial charge on any atom is 0.193 e. The minimum absolute atomic E-state index is 0. The van der Waals surface area contributed by atoms with E-state index in [2.05, 4.69) is 12.6 Å². The zero-order chi connectivity index (χ0) is 31.9. The minimum atomic E-state index is -3.32. The van der Waals surface area contributed by atoms with Crippen LogP contribution in [0.2, 0.25) is 0 Å². The van der Waals surface area contributed by atoms with Crippen LogP contribution < -0.4 is 9.47 Å². The average molecular weight is 631 g/mol. The van der Waals surface area contributed by atoms with Crippen LogP contribution in [0.25, 0.3) is 6.08 Å². The normalized spacial score (nSPS) is 12.0. The van der Waals surface area contributed by atoms with Crippen molar-refractivity contribution in [3.63, 3.8) is 0 Å². The van der Waals surface area contributed by atoms with Crippen LogP contribution in [0.5, 0.6) is 11.5 Å². The van der Waals surface area contributed by atoms with Gasteiger partial charge in [-0.1, -0.05) is 80.8 Å². The Morgan fingerprint density at radius 1 is 0.756 bits per heavy atom. The van der Waals surface area contributed by atoms with Crippen molar-refractivity contribution >= 4 is 21.7 Å². The first-order chi connectivity index (χ1) is 21.1. The Morgan fingerprint density at radius 3 is 1.91 bits per heavy atom. The monoisotopic (exact) mass is 630 g/mol. The zero-order valence-electron chi connectivity index (χ0n) is 25.0. The Morgan fingerprint density at radius 2 is 1.36 bits per heavy atom. The number of fused-ring (bicyclic) bond motifs is 1. The zero-order valence-corrected chi connectivity index (χ0v) is 25.9. The number of carbonyl (C=O) groups excluding carboxylic acids is 1. The SMILES string of the molecule is C.C=C1C=Cc2c(cccc2S(C)(=O)=O)C1=O.COc1ccc(Cc2cc(Cc3ccc(CO)cc3)c(CO)cc2OC)cc1.[HH]. The minimum Gasteiger partial charge on any atom is -0.497 e. The number of ether oxygens (including phenoxy) is 2. The molecular weight excluding hydrogens is 588 g/mol. The van der Waals surface area contributed by atoms with Crippen LogP contribution in [0.15, 0.2) is 102 Å². The van der Waals surface area contributed by atoms with Crippen molar-refractivity contribution in [1.29, 1.82) is 0 Å². The van der Waals surface area contributed by atoms with Crippen molar-refractivity contribution in [2.24, 2.45) is 0 Å². The lowest BCUT2D eigenvalue weighted by atomic mass is 9.93. The summed E-state index contributed by atoms with van der Waals surface area (Å²) in [7, 11) is -0.00651. The van der Waals surface area contributed by atoms with E-state index >= 15 is 0 Å². The number of carbonyl (C=O) groups is 1. The summed E-state index contributed by atoms with van der Waals surface area (Å²) < 4.78 is 33.9. The number of hydrogen-bond acceptors (Lipinski definition) is 7. The molecular formula is C37H42O7S. The van der Waals surface area contributed by atoms with Gasteiger partial charge in [0.2, 0.25) is 0 Å². The second-order valence-electron chi connectivity index (χ2n) is 10.4. The van der Waals surface area contributed by atoms with Gasteiger partial charge in [-0.3, -0.25) is 4.79 Å². The fourth-order valence-electron chi connectivity index (χ4n) is 4.97. The number of methoxy groups -OCH3 is 2. The van der Waals surface area contributed by atoms with E-state index < -0.39 is 9.84 Å². The van der Waals surface area contributed by atoms with Crippen LogP contribution >= 0.6 is 0 Å². The van der Waals surface area contributed by atoms with Gasteiger partial charge in [-0.15, -0.1) is 0 Å². The fraction of sp³-hybridized carbons (Fsp3) is 0.216. The predicted molar refractivity (Wildman–Crippen MR) is 181 cm³/mol. The summed E-state index contributed by atoms with van der Waals surface area (Å²) in [5.74, 6) is 1.39. The largest absolute Gasteiger partial charge is 0.497 e. The summed E-state index contributed by atoms with van der Waals surface area (Å²) in [6.07, 6.45) is 5.73. The number of rotatable bonds is 9. The molecule has 238 valence electrons. The molecule has 0 saturated heterocycles. The molecule has 4 aromatic rings. The van der Waals surface area contributed by atoms with Crippen LogP contribution in [0.4, 0.5) is 0 Å². The molecule has 1 aliphatic carbocycles. The molecule has 45 heavy (non-hydrogen) atoms. The van der Waals surface area contributed by atoms with Crippen molar-refractivity contribution in [2.75, 3.05) is 20.5 Å². The number of aliphatic hydroxyl groups excluding tert-OH is 2. The van der Waals surface area contributed by atoms with Crippen LogP contribution in [0, 0.1) is 0 Å². The Balaban J connectivity index is 0.000000350. The predicted octanol–water partition coefficient (Wildman–Crippen LogP) is 6.61. The lowest BCUT2D eigenvalue weighted by Crippen LogP contribution is -2.11. The van der Waals surface area contributed by atoms with Gasteiger partial charge in [0.1, 0.15) is 11.5 Å². The van der Waals surface area contributed by atoms with Crippen molar-refractivity contribution in [3.8, 4) is 11.5 Å². The van der Waals surface area contributed by atoms with Gasteiger partial charge >= 0.3 is 0 Å². The van der Waals surface area contributed by atoms with E-state index in [9.17, 15) is 23.4 Å². The molecule has 0 heterocycles. The first-order valence-electron chi connectivity index (χ1n) is 13.9. The van der Waals surface area contributed by atoms with E-state index in [1.54, 1.807) is 38.5 Å². The Kier molecular flexibility index (Phi) is 12.0. The second-order valence-corrected chi connectivity index (χ2v) is 12.4. The van der Waals surface area contributed by atoms with Gasteiger partial charge in [0.25, 0.3) is 0 Å². The summed E-state index contributed by atoms with van der Waals surface area (Å²) in [6.45, 7) is 3.60. The van der Waals surface area contributed by atoms with E-state index in [4.69, 9.17) is 9.47 Å². The maximum absolute atomic E-state index is 11.8. The highest BCUT2D eigenvalue weighted by atomic mass is 32.2. The number of benzene rings is 4. The van der Waals surface area contributed by atoms with E-state index in [1.165, 1.54) is 6.07 Å². The van der Waals surface area contributed by atoms with Crippen LogP contribution in [-0.4, -0.2) is 44.9 Å². The van der Waals surface area contributed by atoms with Gasteiger partial charge in [-0.05, 0) is 64.1 Å². The van der Waals surface area contributed by atoms with Crippen LogP contribution in [0.3, 0.4) is 0 Å². The van der Waals surface area contributed by atoms with Crippen molar-refractivity contribution < 1.29 is 34.3 Å². The van der Waals surface area contributed by atoms with Crippen molar-refractivity contribution in [3.05, 3.63) is 142 Å². The van der Waals surface area contributed by atoms with Gasteiger partial charge in [-0.25, -0.2) is 8.42 Å². The first-order valence-corrected chi connectivity index (χ1v) is 15.8. The van der Waals surface area contributed by atoms with Gasteiger partial charge in [0.15, 0.2) is 15.6 Å². The molecule has 2 N–H and O–H groups in total. The smallest absolute Gasteiger partial charge is 0.193 e. The molecule has 1 aliphatic rings.